The smallest absolute Gasteiger partial charge is 0.326 e. The Morgan fingerprint density at radius 3 is 2.12 bits per heavy atom. The Hall–Kier alpha value is -1.06. The molecule has 4 heteroatoms. The highest BCUT2D eigenvalue weighted by molar-refractivity contribution is 5.83. The van der Waals surface area contributed by atoms with Crippen molar-refractivity contribution in [2.45, 2.75) is 109 Å². The molecule has 0 bridgehead atoms. The van der Waals surface area contributed by atoms with Gasteiger partial charge in [-0.1, -0.05) is 77.6 Å². The third-order valence-corrected chi connectivity index (χ3v) is 5.10. The average molecular weight is 340 g/mol. The van der Waals surface area contributed by atoms with Gasteiger partial charge >= 0.3 is 5.97 Å². The summed E-state index contributed by atoms with van der Waals surface area (Å²) in [7, 11) is 0. The molecule has 0 radical (unpaired) electrons. The van der Waals surface area contributed by atoms with Gasteiger partial charge in [0.05, 0.1) is 0 Å². The number of carboxylic acids is 1. The Kier molecular flexibility index (Phi) is 11.6. The van der Waals surface area contributed by atoms with Crippen LogP contribution in [0.5, 0.6) is 0 Å². The summed E-state index contributed by atoms with van der Waals surface area (Å²) >= 11 is 0. The van der Waals surface area contributed by atoms with Crippen LogP contribution >= 0.6 is 0 Å². The van der Waals surface area contributed by atoms with Gasteiger partial charge in [0.15, 0.2) is 0 Å². The zero-order valence-corrected chi connectivity index (χ0v) is 15.6. The number of hydrogen-bond acceptors (Lipinski definition) is 2. The second-order valence-corrected chi connectivity index (χ2v) is 7.22. The van der Waals surface area contributed by atoms with Crippen LogP contribution in [0.2, 0.25) is 0 Å². The molecule has 0 aromatic carbocycles. The van der Waals surface area contributed by atoms with Gasteiger partial charge in [0.2, 0.25) is 5.91 Å². The molecule has 0 aliphatic carbocycles. The van der Waals surface area contributed by atoms with Crippen LogP contribution in [-0.4, -0.2) is 34.5 Å². The molecule has 1 atom stereocenters. The van der Waals surface area contributed by atoms with Crippen LogP contribution in [0.1, 0.15) is 103 Å². The van der Waals surface area contributed by atoms with Gasteiger partial charge in [-0.15, -0.1) is 0 Å². The van der Waals surface area contributed by atoms with Crippen molar-refractivity contribution < 1.29 is 14.7 Å². The lowest BCUT2D eigenvalue weighted by molar-refractivity contribution is -0.150. The van der Waals surface area contributed by atoms with Crippen molar-refractivity contribution in [1.82, 2.24) is 4.90 Å². The number of likely N-dealkylation sites (tertiary alicyclic amines) is 1. The van der Waals surface area contributed by atoms with Crippen molar-refractivity contribution >= 4 is 11.9 Å². The fourth-order valence-electron chi connectivity index (χ4n) is 3.57. The van der Waals surface area contributed by atoms with Crippen LogP contribution in [0.3, 0.4) is 0 Å². The van der Waals surface area contributed by atoms with Crippen molar-refractivity contribution in [3.05, 3.63) is 0 Å². The molecule has 0 aromatic rings. The van der Waals surface area contributed by atoms with Crippen LogP contribution in [-0.2, 0) is 9.59 Å². The number of amides is 1. The third kappa shape index (κ3) is 8.70. The fraction of sp³-hybridized carbons (Fsp3) is 0.900. The van der Waals surface area contributed by atoms with E-state index in [4.69, 9.17) is 0 Å². The Labute approximate surface area is 148 Å². The number of nitrogens with zero attached hydrogens (tertiary/aromatic N) is 1. The monoisotopic (exact) mass is 339 g/mol. The predicted molar refractivity (Wildman–Crippen MR) is 98.1 cm³/mol. The summed E-state index contributed by atoms with van der Waals surface area (Å²) in [5, 5.41) is 9.48. The van der Waals surface area contributed by atoms with E-state index in [-0.39, 0.29) is 5.91 Å². The highest BCUT2D eigenvalue weighted by Crippen LogP contribution is 2.19. The number of hydrogen-bond donors (Lipinski definition) is 1. The van der Waals surface area contributed by atoms with Crippen molar-refractivity contribution in [1.29, 1.82) is 0 Å². The summed E-state index contributed by atoms with van der Waals surface area (Å²) in [6.45, 7) is 2.86. The zero-order valence-electron chi connectivity index (χ0n) is 15.6. The second kappa shape index (κ2) is 13.3. The Morgan fingerprint density at radius 2 is 1.54 bits per heavy atom. The van der Waals surface area contributed by atoms with Crippen molar-refractivity contribution in [3.8, 4) is 0 Å². The Morgan fingerprint density at radius 1 is 0.958 bits per heavy atom. The van der Waals surface area contributed by atoms with Crippen LogP contribution in [0, 0.1) is 0 Å². The highest BCUT2D eigenvalue weighted by Gasteiger charge is 2.29. The first-order valence-electron chi connectivity index (χ1n) is 10.2. The first-order chi connectivity index (χ1) is 11.7. The molecular weight excluding hydrogens is 302 g/mol. The van der Waals surface area contributed by atoms with Gasteiger partial charge < -0.3 is 10.0 Å². The standard InChI is InChI=1S/C20H37NO3/c1-2-3-4-5-6-7-8-9-10-12-15-18(20(23)24)21-17-14-11-13-16-19(21)22/h18H,2-17H2,1H3,(H,23,24). The molecular formula is C20H37NO3. The normalized spacial score (nSPS) is 16.9. The van der Waals surface area contributed by atoms with Crippen LogP contribution < -0.4 is 0 Å². The van der Waals surface area contributed by atoms with Gasteiger partial charge in [-0.3, -0.25) is 4.79 Å². The maximum atomic E-state index is 12.1. The van der Waals surface area contributed by atoms with E-state index in [1.807, 2.05) is 0 Å². The number of rotatable bonds is 13. The van der Waals surface area contributed by atoms with Crippen LogP contribution in [0.4, 0.5) is 0 Å². The van der Waals surface area contributed by atoms with E-state index in [0.717, 1.165) is 32.1 Å². The maximum absolute atomic E-state index is 12.1. The molecule has 0 saturated carbocycles. The number of carbonyl (C=O) groups excluding carboxylic acids is 1. The Bertz CT molecular complexity index is 357. The van der Waals surface area contributed by atoms with E-state index in [1.165, 1.54) is 51.4 Å². The minimum Gasteiger partial charge on any atom is -0.480 e. The molecule has 1 heterocycles. The van der Waals surface area contributed by atoms with Gasteiger partial charge in [-0.05, 0) is 19.3 Å². The topological polar surface area (TPSA) is 57.6 Å². The van der Waals surface area contributed by atoms with E-state index < -0.39 is 12.0 Å². The minimum absolute atomic E-state index is 0.0342. The molecule has 4 nitrogen and oxygen atoms in total. The lowest BCUT2D eigenvalue weighted by atomic mass is 10.0. The molecule has 1 fully saturated rings. The number of carboxylic acid groups (broad SMARTS) is 1. The lowest BCUT2D eigenvalue weighted by Gasteiger charge is -2.27. The summed E-state index contributed by atoms with van der Waals surface area (Å²) in [5.41, 5.74) is 0. The van der Waals surface area contributed by atoms with Crippen LogP contribution in [0.15, 0.2) is 0 Å². The van der Waals surface area contributed by atoms with E-state index in [9.17, 15) is 14.7 Å². The largest absolute Gasteiger partial charge is 0.480 e. The maximum Gasteiger partial charge on any atom is 0.326 e. The molecule has 1 saturated heterocycles. The predicted octanol–water partition coefficient (Wildman–Crippen LogP) is 5.15. The van der Waals surface area contributed by atoms with Gasteiger partial charge in [-0.25, -0.2) is 4.79 Å². The van der Waals surface area contributed by atoms with Crippen molar-refractivity contribution in [2.75, 3.05) is 6.54 Å². The van der Waals surface area contributed by atoms with Gasteiger partial charge in [0.1, 0.15) is 6.04 Å². The van der Waals surface area contributed by atoms with Crippen LogP contribution in [0.25, 0.3) is 0 Å². The SMILES string of the molecule is CCCCCCCCCCCCC(C(=O)O)N1CCCCCC1=O. The summed E-state index contributed by atoms with van der Waals surface area (Å²) in [4.78, 5) is 25.3. The lowest BCUT2D eigenvalue weighted by Crippen LogP contribution is -2.44. The number of carbonyl (C=O) groups is 2. The molecule has 1 N–H and O–H groups in total. The first-order valence-corrected chi connectivity index (χ1v) is 10.2. The van der Waals surface area contributed by atoms with E-state index in [0.29, 0.717) is 19.4 Å². The summed E-state index contributed by atoms with van der Waals surface area (Å²) in [5.74, 6) is -0.798. The average Bonchev–Trinajstić information content (AvgIpc) is 2.77. The number of unbranched alkanes of at least 4 members (excludes halogenated alkanes) is 9. The molecule has 1 rings (SSSR count). The van der Waals surface area contributed by atoms with Gasteiger partial charge in [0, 0.05) is 13.0 Å². The van der Waals surface area contributed by atoms with E-state index in [2.05, 4.69) is 6.92 Å². The van der Waals surface area contributed by atoms with E-state index in [1.54, 1.807) is 4.90 Å². The molecule has 1 aliphatic rings. The molecule has 1 unspecified atom stereocenters. The molecule has 1 aliphatic heterocycles. The van der Waals surface area contributed by atoms with Gasteiger partial charge in [-0.2, -0.15) is 0 Å². The molecule has 24 heavy (non-hydrogen) atoms. The summed E-state index contributed by atoms with van der Waals surface area (Å²) in [6, 6.07) is -0.607. The van der Waals surface area contributed by atoms with E-state index >= 15 is 0 Å². The Balaban J connectivity index is 2.15. The second-order valence-electron chi connectivity index (χ2n) is 7.22. The van der Waals surface area contributed by atoms with Crippen molar-refractivity contribution in [2.24, 2.45) is 0 Å². The highest BCUT2D eigenvalue weighted by atomic mass is 16.4. The summed E-state index contributed by atoms with van der Waals surface area (Å²) < 4.78 is 0. The minimum atomic E-state index is -0.832. The zero-order chi connectivity index (χ0) is 17.6. The molecule has 1 amide bonds. The molecule has 140 valence electrons. The number of aliphatic carboxylic acids is 1. The third-order valence-electron chi connectivity index (χ3n) is 5.10. The fourth-order valence-corrected chi connectivity index (χ4v) is 3.57. The van der Waals surface area contributed by atoms with Crippen molar-refractivity contribution in [3.63, 3.8) is 0 Å². The van der Waals surface area contributed by atoms with Gasteiger partial charge in [0.25, 0.3) is 0 Å². The summed E-state index contributed by atoms with van der Waals surface area (Å²) in [6.07, 6.45) is 16.4. The molecule has 0 aromatic heterocycles. The molecule has 0 spiro atoms. The first kappa shape index (κ1) is 21.0. The quantitative estimate of drug-likeness (QED) is 0.472.